The number of tetrazole rings is 1. The van der Waals surface area contributed by atoms with Gasteiger partial charge in [0.05, 0.1) is 13.0 Å². The minimum atomic E-state index is -0.977. The van der Waals surface area contributed by atoms with Crippen molar-refractivity contribution in [1.29, 1.82) is 0 Å². The van der Waals surface area contributed by atoms with E-state index in [0.717, 1.165) is 0 Å². The first-order chi connectivity index (χ1) is 7.08. The standard InChI is InChI=1S/C7H9N5O3/c1-11-9-7(8-10-11)12-3-4(6(14)15)2-5(12)13/h4H,2-3H2,1H3,(H,14,15)/t4-/m0/s1. The molecule has 0 aliphatic carbocycles. The van der Waals surface area contributed by atoms with E-state index in [4.69, 9.17) is 5.11 Å². The summed E-state index contributed by atoms with van der Waals surface area (Å²) in [6, 6.07) is 0. The summed E-state index contributed by atoms with van der Waals surface area (Å²) in [6.07, 6.45) is -0.00636. The lowest BCUT2D eigenvalue weighted by molar-refractivity contribution is -0.141. The number of carbonyl (C=O) groups is 2. The van der Waals surface area contributed by atoms with Crippen molar-refractivity contribution in [1.82, 2.24) is 20.2 Å². The zero-order valence-corrected chi connectivity index (χ0v) is 7.99. The molecular weight excluding hydrogens is 202 g/mol. The van der Waals surface area contributed by atoms with Crippen molar-refractivity contribution in [3.8, 4) is 0 Å². The Labute approximate surface area is 84.5 Å². The van der Waals surface area contributed by atoms with Crippen molar-refractivity contribution in [3.63, 3.8) is 0 Å². The van der Waals surface area contributed by atoms with Gasteiger partial charge in [-0.3, -0.25) is 14.5 Å². The van der Waals surface area contributed by atoms with E-state index in [-0.39, 0.29) is 24.8 Å². The summed E-state index contributed by atoms with van der Waals surface area (Å²) in [7, 11) is 1.58. The maximum Gasteiger partial charge on any atom is 0.308 e. The summed E-state index contributed by atoms with van der Waals surface area (Å²) in [5.74, 6) is -1.78. The molecule has 1 fully saturated rings. The molecule has 8 nitrogen and oxygen atoms in total. The van der Waals surface area contributed by atoms with Crippen molar-refractivity contribution in [2.75, 3.05) is 11.4 Å². The van der Waals surface area contributed by atoms with Gasteiger partial charge >= 0.3 is 5.97 Å². The summed E-state index contributed by atoms with van der Waals surface area (Å²) in [4.78, 5) is 24.6. The smallest absolute Gasteiger partial charge is 0.308 e. The molecule has 2 rings (SSSR count). The zero-order valence-electron chi connectivity index (χ0n) is 7.99. The fraction of sp³-hybridized carbons (Fsp3) is 0.571. The zero-order chi connectivity index (χ0) is 11.0. The van der Waals surface area contributed by atoms with E-state index in [1.165, 1.54) is 9.70 Å². The van der Waals surface area contributed by atoms with Crippen molar-refractivity contribution >= 4 is 17.8 Å². The molecule has 0 saturated carbocycles. The molecule has 0 spiro atoms. The molecule has 80 valence electrons. The normalized spacial score (nSPS) is 21.0. The van der Waals surface area contributed by atoms with Crippen molar-refractivity contribution < 1.29 is 14.7 Å². The molecule has 1 aliphatic rings. The first-order valence-electron chi connectivity index (χ1n) is 4.35. The number of amides is 1. The summed E-state index contributed by atoms with van der Waals surface area (Å²) in [6.45, 7) is 0.111. The molecule has 0 aromatic carbocycles. The van der Waals surface area contributed by atoms with Gasteiger partial charge in [0.25, 0.3) is 5.95 Å². The van der Waals surface area contributed by atoms with Gasteiger partial charge in [-0.05, 0) is 5.21 Å². The largest absolute Gasteiger partial charge is 0.481 e. The second-order valence-electron chi connectivity index (χ2n) is 3.32. The number of anilines is 1. The number of aromatic nitrogens is 4. The van der Waals surface area contributed by atoms with Crippen LogP contribution in [0, 0.1) is 5.92 Å². The molecule has 0 unspecified atom stereocenters. The number of carboxylic acid groups (broad SMARTS) is 1. The Morgan fingerprint density at radius 3 is 2.80 bits per heavy atom. The molecule has 1 aromatic heterocycles. The molecule has 0 radical (unpaired) electrons. The highest BCUT2D eigenvalue weighted by molar-refractivity contribution is 5.97. The van der Waals surface area contributed by atoms with Crippen LogP contribution < -0.4 is 4.90 Å². The minimum absolute atomic E-state index is 0.00636. The van der Waals surface area contributed by atoms with Gasteiger partial charge < -0.3 is 5.11 Å². The number of rotatable bonds is 2. The third-order valence-electron chi connectivity index (χ3n) is 2.21. The Hall–Kier alpha value is -1.99. The first kappa shape index (κ1) is 9.56. The van der Waals surface area contributed by atoms with E-state index < -0.39 is 11.9 Å². The predicted molar refractivity (Wildman–Crippen MR) is 46.9 cm³/mol. The van der Waals surface area contributed by atoms with Gasteiger partial charge in [0, 0.05) is 13.0 Å². The van der Waals surface area contributed by atoms with Gasteiger partial charge in [0.1, 0.15) is 0 Å². The van der Waals surface area contributed by atoms with Gasteiger partial charge in [-0.2, -0.15) is 4.80 Å². The number of nitrogens with zero attached hydrogens (tertiary/aromatic N) is 5. The average Bonchev–Trinajstić information content (AvgIpc) is 2.71. The molecule has 1 aliphatic heterocycles. The molecule has 2 heterocycles. The fourth-order valence-electron chi connectivity index (χ4n) is 1.45. The summed E-state index contributed by atoms with van der Waals surface area (Å²) in [5.41, 5.74) is 0. The van der Waals surface area contributed by atoms with Crippen LogP contribution in [-0.2, 0) is 16.6 Å². The lowest BCUT2D eigenvalue weighted by atomic mass is 10.1. The van der Waals surface area contributed by atoms with Crippen LogP contribution in [0.25, 0.3) is 0 Å². The second kappa shape index (κ2) is 3.30. The van der Waals surface area contributed by atoms with E-state index in [2.05, 4.69) is 15.4 Å². The average molecular weight is 211 g/mol. The molecule has 15 heavy (non-hydrogen) atoms. The lowest BCUT2D eigenvalue weighted by Crippen LogP contribution is -2.27. The number of aliphatic carboxylic acids is 1. The van der Waals surface area contributed by atoms with Crippen molar-refractivity contribution in [2.24, 2.45) is 13.0 Å². The molecule has 8 heteroatoms. The van der Waals surface area contributed by atoms with Crippen LogP contribution in [-0.4, -0.2) is 43.7 Å². The lowest BCUT2D eigenvalue weighted by Gasteiger charge is -2.09. The highest BCUT2D eigenvalue weighted by Crippen LogP contribution is 2.21. The number of hydrogen-bond donors (Lipinski definition) is 1. The van der Waals surface area contributed by atoms with Crippen LogP contribution in [0.3, 0.4) is 0 Å². The summed E-state index contributed by atoms with van der Waals surface area (Å²) < 4.78 is 0. The van der Waals surface area contributed by atoms with Gasteiger partial charge in [0.15, 0.2) is 0 Å². The molecule has 1 N–H and O–H groups in total. The van der Waals surface area contributed by atoms with Gasteiger partial charge in [-0.25, -0.2) is 0 Å². The molecule has 1 saturated heterocycles. The fourth-order valence-corrected chi connectivity index (χ4v) is 1.45. The monoisotopic (exact) mass is 211 g/mol. The Morgan fingerprint density at radius 2 is 2.33 bits per heavy atom. The van der Waals surface area contributed by atoms with Crippen LogP contribution in [0.15, 0.2) is 0 Å². The molecule has 0 bridgehead atoms. The van der Waals surface area contributed by atoms with Crippen LogP contribution in [0.5, 0.6) is 0 Å². The van der Waals surface area contributed by atoms with Gasteiger partial charge in [-0.15, -0.1) is 5.10 Å². The van der Waals surface area contributed by atoms with E-state index in [1.807, 2.05) is 0 Å². The molecule has 1 atom stereocenters. The van der Waals surface area contributed by atoms with E-state index in [1.54, 1.807) is 7.05 Å². The number of carboxylic acids is 1. The second-order valence-corrected chi connectivity index (χ2v) is 3.32. The Morgan fingerprint density at radius 1 is 1.60 bits per heavy atom. The summed E-state index contributed by atoms with van der Waals surface area (Å²) in [5, 5.41) is 19.8. The number of aryl methyl sites for hydroxylation is 1. The van der Waals surface area contributed by atoms with Gasteiger partial charge in [-0.1, -0.05) is 5.10 Å². The molecule has 1 amide bonds. The topological polar surface area (TPSA) is 101 Å². The van der Waals surface area contributed by atoms with E-state index in [0.29, 0.717) is 0 Å². The highest BCUT2D eigenvalue weighted by atomic mass is 16.4. The molecule has 1 aromatic rings. The van der Waals surface area contributed by atoms with Crippen molar-refractivity contribution in [2.45, 2.75) is 6.42 Å². The van der Waals surface area contributed by atoms with Crippen molar-refractivity contribution in [3.05, 3.63) is 0 Å². The maximum atomic E-state index is 11.4. The van der Waals surface area contributed by atoms with Crippen LogP contribution in [0.4, 0.5) is 5.95 Å². The predicted octanol–water partition coefficient (Wildman–Crippen LogP) is -1.35. The van der Waals surface area contributed by atoms with Crippen LogP contribution in [0.1, 0.15) is 6.42 Å². The molecular formula is C7H9N5O3. The quantitative estimate of drug-likeness (QED) is 0.648. The first-order valence-corrected chi connectivity index (χ1v) is 4.35. The third kappa shape index (κ3) is 1.65. The Kier molecular flexibility index (Phi) is 2.10. The maximum absolute atomic E-state index is 11.4. The van der Waals surface area contributed by atoms with E-state index in [9.17, 15) is 9.59 Å². The third-order valence-corrected chi connectivity index (χ3v) is 2.21. The Bertz CT molecular complexity index is 415. The number of carbonyl (C=O) groups excluding carboxylic acids is 1. The Balaban J connectivity index is 2.18. The highest BCUT2D eigenvalue weighted by Gasteiger charge is 2.36. The van der Waals surface area contributed by atoms with Crippen LogP contribution in [0.2, 0.25) is 0 Å². The van der Waals surface area contributed by atoms with E-state index >= 15 is 0 Å². The summed E-state index contributed by atoms with van der Waals surface area (Å²) >= 11 is 0. The van der Waals surface area contributed by atoms with Crippen LogP contribution >= 0.6 is 0 Å². The number of hydrogen-bond acceptors (Lipinski definition) is 5. The SMILES string of the molecule is Cn1nnc(N2C[C@@H](C(=O)O)CC2=O)n1. The minimum Gasteiger partial charge on any atom is -0.481 e. The van der Waals surface area contributed by atoms with Gasteiger partial charge in [0.2, 0.25) is 5.91 Å².